The van der Waals surface area contributed by atoms with Crippen molar-refractivity contribution in [1.29, 1.82) is 0 Å². The van der Waals surface area contributed by atoms with Crippen LogP contribution in [0.15, 0.2) is 54.6 Å². The minimum Gasteiger partial charge on any atom is -0.399 e. The molecule has 0 amide bonds. The van der Waals surface area contributed by atoms with E-state index in [2.05, 4.69) is 48.6 Å². The van der Waals surface area contributed by atoms with Crippen LogP contribution in [0.1, 0.15) is 30.9 Å². The third-order valence-corrected chi connectivity index (χ3v) is 3.54. The Hall–Kier alpha value is -1.80. The van der Waals surface area contributed by atoms with Crippen LogP contribution in [0.2, 0.25) is 0 Å². The molecule has 0 radical (unpaired) electrons. The van der Waals surface area contributed by atoms with Gasteiger partial charge in [0.15, 0.2) is 0 Å². The van der Waals surface area contributed by atoms with E-state index in [-0.39, 0.29) is 0 Å². The van der Waals surface area contributed by atoms with Gasteiger partial charge in [0.05, 0.1) is 0 Å². The number of anilines is 1. The van der Waals surface area contributed by atoms with Crippen LogP contribution in [0, 0.1) is 0 Å². The summed E-state index contributed by atoms with van der Waals surface area (Å²) in [7, 11) is 0. The van der Waals surface area contributed by atoms with Crippen molar-refractivity contribution in [2.45, 2.75) is 32.2 Å². The molecule has 1 atom stereocenters. The predicted octanol–water partition coefficient (Wildman–Crippen LogP) is 3.62. The van der Waals surface area contributed by atoms with E-state index >= 15 is 0 Å². The Kier molecular flexibility index (Phi) is 5.63. The third-order valence-electron chi connectivity index (χ3n) is 3.54. The van der Waals surface area contributed by atoms with Crippen molar-refractivity contribution in [2.24, 2.45) is 0 Å². The Balaban J connectivity index is 0.000000205. The first-order chi connectivity index (χ1) is 9.74. The van der Waals surface area contributed by atoms with Crippen molar-refractivity contribution in [3.63, 3.8) is 0 Å². The molecule has 0 saturated carbocycles. The maximum Gasteiger partial charge on any atom is 0.0314 e. The summed E-state index contributed by atoms with van der Waals surface area (Å²) in [4.78, 5) is 0. The zero-order valence-electron chi connectivity index (χ0n) is 12.2. The van der Waals surface area contributed by atoms with Crippen LogP contribution in [0.25, 0.3) is 0 Å². The smallest absolute Gasteiger partial charge is 0.0314 e. The normalized spacial score (nSPS) is 17.4. The molecule has 106 valence electrons. The zero-order chi connectivity index (χ0) is 14.2. The van der Waals surface area contributed by atoms with Gasteiger partial charge in [-0.3, -0.25) is 0 Å². The van der Waals surface area contributed by atoms with Crippen LogP contribution in [-0.2, 0) is 6.42 Å². The second-order valence-electron chi connectivity index (χ2n) is 5.40. The number of hydrogen-bond acceptors (Lipinski definition) is 2. The van der Waals surface area contributed by atoms with E-state index in [4.69, 9.17) is 5.73 Å². The molecule has 20 heavy (non-hydrogen) atoms. The zero-order valence-corrected chi connectivity index (χ0v) is 12.2. The average molecular weight is 268 g/mol. The molecule has 2 nitrogen and oxygen atoms in total. The first kappa shape index (κ1) is 14.6. The topological polar surface area (TPSA) is 38.0 Å². The van der Waals surface area contributed by atoms with Crippen LogP contribution >= 0.6 is 0 Å². The lowest BCUT2D eigenvalue weighted by Gasteiger charge is -2.01. The molecular formula is C18H24N2. The summed E-state index contributed by atoms with van der Waals surface area (Å²) >= 11 is 0. The Labute approximate surface area is 122 Å². The van der Waals surface area contributed by atoms with Gasteiger partial charge in [-0.15, -0.1) is 0 Å². The predicted molar refractivity (Wildman–Crippen MR) is 86.8 cm³/mol. The fourth-order valence-corrected chi connectivity index (χ4v) is 2.33. The highest BCUT2D eigenvalue weighted by Gasteiger charge is 2.05. The molecule has 1 heterocycles. The third kappa shape index (κ3) is 5.06. The summed E-state index contributed by atoms with van der Waals surface area (Å²) in [6.07, 6.45) is 3.72. The molecule has 0 aliphatic carbocycles. The summed E-state index contributed by atoms with van der Waals surface area (Å²) in [5, 5.41) is 3.32. The molecular weight excluding hydrogens is 244 g/mol. The molecule has 2 aromatic rings. The van der Waals surface area contributed by atoms with Crippen molar-refractivity contribution in [1.82, 2.24) is 5.32 Å². The molecule has 2 aromatic carbocycles. The van der Waals surface area contributed by atoms with E-state index < -0.39 is 0 Å². The molecule has 0 spiro atoms. The highest BCUT2D eigenvalue weighted by molar-refractivity contribution is 5.40. The summed E-state index contributed by atoms with van der Waals surface area (Å²) in [6, 6.07) is 19.3. The van der Waals surface area contributed by atoms with Gasteiger partial charge in [0, 0.05) is 11.7 Å². The van der Waals surface area contributed by atoms with Gasteiger partial charge in [0.1, 0.15) is 0 Å². The van der Waals surface area contributed by atoms with Crippen molar-refractivity contribution in [2.75, 3.05) is 12.3 Å². The summed E-state index contributed by atoms with van der Waals surface area (Å²) in [6.45, 7) is 3.47. The van der Waals surface area contributed by atoms with E-state index in [1.165, 1.54) is 30.5 Å². The van der Waals surface area contributed by atoms with E-state index in [1.54, 1.807) is 0 Å². The van der Waals surface area contributed by atoms with Crippen LogP contribution < -0.4 is 11.1 Å². The number of hydrogen-bond donors (Lipinski definition) is 2. The summed E-state index contributed by atoms with van der Waals surface area (Å²) in [5.74, 6) is 0. The maximum atomic E-state index is 5.62. The number of nitrogens with one attached hydrogen (secondary N) is 1. The molecule has 3 N–H and O–H groups in total. The van der Waals surface area contributed by atoms with Gasteiger partial charge in [0.25, 0.3) is 0 Å². The van der Waals surface area contributed by atoms with Crippen LogP contribution in [-0.4, -0.2) is 12.6 Å². The number of rotatable bonds is 2. The molecule has 1 aliphatic heterocycles. The summed E-state index contributed by atoms with van der Waals surface area (Å²) in [5.41, 5.74) is 9.07. The minimum atomic E-state index is 0.796. The standard InChI is InChI=1S/C13H13N.C5H11N/c14-13-8-6-12(7-9-13)10-11-4-2-1-3-5-11;1-5-3-2-4-6-5/h1-9H,10,14H2;5-6H,2-4H2,1H3. The van der Waals surface area contributed by atoms with Crippen LogP contribution in [0.3, 0.4) is 0 Å². The lowest BCUT2D eigenvalue weighted by Crippen LogP contribution is -2.16. The first-order valence-corrected chi connectivity index (χ1v) is 7.36. The number of nitrogen functional groups attached to an aromatic ring is 1. The van der Waals surface area contributed by atoms with E-state index in [0.717, 1.165) is 18.2 Å². The Morgan fingerprint density at radius 2 is 1.65 bits per heavy atom. The Morgan fingerprint density at radius 3 is 2.15 bits per heavy atom. The number of benzene rings is 2. The average Bonchev–Trinajstić information content (AvgIpc) is 2.94. The van der Waals surface area contributed by atoms with E-state index in [0.29, 0.717) is 0 Å². The fourth-order valence-electron chi connectivity index (χ4n) is 2.33. The van der Waals surface area contributed by atoms with Crippen LogP contribution in [0.5, 0.6) is 0 Å². The highest BCUT2D eigenvalue weighted by atomic mass is 14.9. The maximum absolute atomic E-state index is 5.62. The van der Waals surface area contributed by atoms with Gasteiger partial charge in [0.2, 0.25) is 0 Å². The SMILES string of the molecule is CC1CCCN1.Nc1ccc(Cc2ccccc2)cc1. The molecule has 1 saturated heterocycles. The van der Waals surface area contributed by atoms with Crippen molar-refractivity contribution >= 4 is 5.69 Å². The van der Waals surface area contributed by atoms with Crippen LogP contribution in [0.4, 0.5) is 5.69 Å². The minimum absolute atomic E-state index is 0.796. The second-order valence-corrected chi connectivity index (χ2v) is 5.40. The monoisotopic (exact) mass is 268 g/mol. The van der Waals surface area contributed by atoms with Gasteiger partial charge >= 0.3 is 0 Å². The molecule has 1 fully saturated rings. The van der Waals surface area contributed by atoms with E-state index in [1.807, 2.05) is 18.2 Å². The Bertz CT molecular complexity index is 485. The van der Waals surface area contributed by atoms with E-state index in [9.17, 15) is 0 Å². The molecule has 2 heteroatoms. The van der Waals surface area contributed by atoms with Gasteiger partial charge in [-0.2, -0.15) is 0 Å². The van der Waals surface area contributed by atoms with Crippen molar-refractivity contribution in [3.8, 4) is 0 Å². The van der Waals surface area contributed by atoms with Gasteiger partial charge in [-0.25, -0.2) is 0 Å². The molecule has 1 unspecified atom stereocenters. The lowest BCUT2D eigenvalue weighted by atomic mass is 10.1. The highest BCUT2D eigenvalue weighted by Crippen LogP contribution is 2.11. The quantitative estimate of drug-likeness (QED) is 0.816. The van der Waals surface area contributed by atoms with Crippen molar-refractivity contribution < 1.29 is 0 Å². The second kappa shape index (κ2) is 7.71. The van der Waals surface area contributed by atoms with Crippen molar-refractivity contribution in [3.05, 3.63) is 65.7 Å². The van der Waals surface area contributed by atoms with Gasteiger partial charge in [-0.1, -0.05) is 42.5 Å². The van der Waals surface area contributed by atoms with Gasteiger partial charge in [-0.05, 0) is 56.0 Å². The molecule has 0 bridgehead atoms. The lowest BCUT2D eigenvalue weighted by molar-refractivity contribution is 0.664. The molecule has 1 aliphatic rings. The fraction of sp³-hybridized carbons (Fsp3) is 0.333. The first-order valence-electron chi connectivity index (χ1n) is 7.36. The molecule has 3 rings (SSSR count). The molecule has 0 aromatic heterocycles. The van der Waals surface area contributed by atoms with Gasteiger partial charge < -0.3 is 11.1 Å². The summed E-state index contributed by atoms with van der Waals surface area (Å²) < 4.78 is 0. The Morgan fingerprint density at radius 1 is 1.00 bits per heavy atom. The number of nitrogens with two attached hydrogens (primary N) is 1. The largest absolute Gasteiger partial charge is 0.399 e.